The SMILES string of the molecule is CC(=O)NCc1ccc(C(=O)CSc2nnc(-c3c[nH]c4ccccc34)n2CC2CCCO2)s1. The van der Waals surface area contributed by atoms with Gasteiger partial charge < -0.3 is 15.0 Å². The van der Waals surface area contributed by atoms with Crippen molar-refractivity contribution in [2.75, 3.05) is 12.4 Å². The zero-order valence-electron chi connectivity index (χ0n) is 18.7. The maximum Gasteiger partial charge on any atom is 0.217 e. The maximum atomic E-state index is 12.9. The van der Waals surface area contributed by atoms with Crippen LogP contribution in [0.3, 0.4) is 0 Å². The summed E-state index contributed by atoms with van der Waals surface area (Å²) in [5.74, 6) is 0.979. The molecule has 10 heteroatoms. The molecule has 0 aliphatic carbocycles. The number of hydrogen-bond donors (Lipinski definition) is 2. The molecule has 5 rings (SSSR count). The zero-order chi connectivity index (χ0) is 23.5. The van der Waals surface area contributed by atoms with E-state index >= 15 is 0 Å². The van der Waals surface area contributed by atoms with Crippen LogP contribution in [0.4, 0.5) is 0 Å². The van der Waals surface area contributed by atoms with E-state index in [-0.39, 0.29) is 23.5 Å². The lowest BCUT2D eigenvalue weighted by atomic mass is 10.1. The number of carbonyl (C=O) groups excluding carboxylic acids is 2. The summed E-state index contributed by atoms with van der Waals surface area (Å²) in [5, 5.41) is 13.5. The summed E-state index contributed by atoms with van der Waals surface area (Å²) >= 11 is 2.80. The molecule has 4 aromatic rings. The van der Waals surface area contributed by atoms with Crippen LogP contribution in [0, 0.1) is 0 Å². The molecule has 3 aromatic heterocycles. The third-order valence-corrected chi connectivity index (χ3v) is 7.83. The highest BCUT2D eigenvalue weighted by Crippen LogP contribution is 2.31. The number of ether oxygens (including phenoxy) is 1. The molecular weight excluding hydrogens is 470 g/mol. The van der Waals surface area contributed by atoms with Gasteiger partial charge in [0.2, 0.25) is 5.91 Å². The number of para-hydroxylation sites is 1. The second kappa shape index (κ2) is 10.1. The Kier molecular flexibility index (Phi) is 6.80. The van der Waals surface area contributed by atoms with E-state index in [1.54, 1.807) is 0 Å². The number of ketones is 1. The van der Waals surface area contributed by atoms with Crippen LogP contribution >= 0.6 is 23.1 Å². The van der Waals surface area contributed by atoms with Crippen molar-refractivity contribution >= 4 is 45.7 Å². The predicted octanol–water partition coefficient (Wildman–Crippen LogP) is 4.28. The molecule has 0 spiro atoms. The molecule has 0 bridgehead atoms. The lowest BCUT2D eigenvalue weighted by molar-refractivity contribution is -0.119. The van der Waals surface area contributed by atoms with Crippen molar-refractivity contribution in [2.24, 2.45) is 0 Å². The van der Waals surface area contributed by atoms with Crippen molar-refractivity contribution in [1.29, 1.82) is 0 Å². The van der Waals surface area contributed by atoms with Crippen LogP contribution in [0.2, 0.25) is 0 Å². The molecule has 1 amide bonds. The monoisotopic (exact) mass is 495 g/mol. The molecule has 1 aliphatic heterocycles. The van der Waals surface area contributed by atoms with Crippen LogP contribution in [0.25, 0.3) is 22.3 Å². The number of thioether (sulfide) groups is 1. The largest absolute Gasteiger partial charge is 0.376 e. The smallest absolute Gasteiger partial charge is 0.217 e. The Morgan fingerprint density at radius 1 is 1.26 bits per heavy atom. The summed E-state index contributed by atoms with van der Waals surface area (Å²) in [6.45, 7) is 3.34. The van der Waals surface area contributed by atoms with Crippen LogP contribution in [-0.2, 0) is 22.6 Å². The molecule has 1 unspecified atom stereocenters. The topological polar surface area (TPSA) is 102 Å². The minimum absolute atomic E-state index is 0.0318. The Balaban J connectivity index is 1.36. The minimum atomic E-state index is -0.0894. The highest BCUT2D eigenvalue weighted by molar-refractivity contribution is 7.99. The van der Waals surface area contributed by atoms with Gasteiger partial charge in [0.05, 0.1) is 29.8 Å². The van der Waals surface area contributed by atoms with Gasteiger partial charge in [-0.15, -0.1) is 21.5 Å². The first kappa shape index (κ1) is 22.8. The van der Waals surface area contributed by atoms with E-state index in [1.807, 2.05) is 36.5 Å². The fourth-order valence-corrected chi connectivity index (χ4v) is 5.85. The van der Waals surface area contributed by atoms with Gasteiger partial charge in [-0.2, -0.15) is 0 Å². The molecule has 0 radical (unpaired) electrons. The second-order valence-electron chi connectivity index (χ2n) is 8.19. The molecule has 1 saturated heterocycles. The van der Waals surface area contributed by atoms with Crippen LogP contribution in [0.5, 0.6) is 0 Å². The van der Waals surface area contributed by atoms with Crippen LogP contribution < -0.4 is 5.32 Å². The van der Waals surface area contributed by atoms with Gasteiger partial charge >= 0.3 is 0 Å². The normalized spacial score (nSPS) is 15.7. The lowest BCUT2D eigenvalue weighted by Gasteiger charge is -2.14. The van der Waals surface area contributed by atoms with Gasteiger partial charge in [0.15, 0.2) is 16.8 Å². The number of hydrogen-bond acceptors (Lipinski definition) is 7. The number of rotatable bonds is 9. The number of nitrogens with zero attached hydrogens (tertiary/aromatic N) is 3. The summed E-state index contributed by atoms with van der Waals surface area (Å²) in [6.07, 6.45) is 4.13. The van der Waals surface area contributed by atoms with Crippen LogP contribution in [0.1, 0.15) is 34.3 Å². The lowest BCUT2D eigenvalue weighted by Crippen LogP contribution is -2.18. The van der Waals surface area contributed by atoms with Crippen molar-refractivity contribution in [3.63, 3.8) is 0 Å². The summed E-state index contributed by atoms with van der Waals surface area (Å²) in [6, 6.07) is 11.8. The van der Waals surface area contributed by atoms with E-state index in [0.717, 1.165) is 46.6 Å². The van der Waals surface area contributed by atoms with E-state index < -0.39 is 0 Å². The number of fused-ring (bicyclic) bond motifs is 1. The van der Waals surface area contributed by atoms with E-state index in [9.17, 15) is 9.59 Å². The van der Waals surface area contributed by atoms with Crippen molar-refractivity contribution in [1.82, 2.24) is 25.1 Å². The fraction of sp³-hybridized carbons (Fsp3) is 0.333. The number of aromatic amines is 1. The van der Waals surface area contributed by atoms with Crippen molar-refractivity contribution < 1.29 is 14.3 Å². The number of aromatic nitrogens is 4. The summed E-state index contributed by atoms with van der Waals surface area (Å²) in [4.78, 5) is 28.9. The third-order valence-electron chi connectivity index (χ3n) is 5.74. The molecule has 0 saturated carbocycles. The van der Waals surface area contributed by atoms with Gasteiger partial charge in [-0.3, -0.25) is 14.2 Å². The number of carbonyl (C=O) groups is 2. The number of H-pyrrole nitrogens is 1. The van der Waals surface area contributed by atoms with E-state index in [1.165, 1.54) is 30.0 Å². The molecule has 8 nitrogen and oxygen atoms in total. The average molecular weight is 496 g/mol. The van der Waals surface area contributed by atoms with Gasteiger partial charge in [0.25, 0.3) is 0 Å². The molecular formula is C24H25N5O3S2. The predicted molar refractivity (Wildman–Crippen MR) is 133 cm³/mol. The number of benzene rings is 1. The molecule has 2 N–H and O–H groups in total. The molecule has 176 valence electrons. The van der Waals surface area contributed by atoms with Crippen molar-refractivity contribution in [3.8, 4) is 11.4 Å². The molecule has 1 aromatic carbocycles. The van der Waals surface area contributed by atoms with E-state index in [2.05, 4.69) is 31.1 Å². The first-order valence-electron chi connectivity index (χ1n) is 11.2. The van der Waals surface area contributed by atoms with Crippen LogP contribution in [-0.4, -0.2) is 49.9 Å². The Morgan fingerprint density at radius 2 is 2.15 bits per heavy atom. The maximum absolute atomic E-state index is 12.9. The standard InChI is InChI=1S/C24H25N5O3S2/c1-15(30)25-11-17-8-9-22(34-17)21(31)14-33-24-28-27-23(29(24)13-16-5-4-10-32-16)19-12-26-20-7-3-2-6-18(19)20/h2-3,6-9,12,16,26H,4-5,10-11,13-14H2,1H3,(H,25,30). The summed E-state index contributed by atoms with van der Waals surface area (Å²) < 4.78 is 7.97. The zero-order valence-corrected chi connectivity index (χ0v) is 20.4. The Labute approximate surface area is 205 Å². The third kappa shape index (κ3) is 4.94. The first-order chi connectivity index (χ1) is 16.6. The first-order valence-corrected chi connectivity index (χ1v) is 13.0. The highest BCUT2D eigenvalue weighted by Gasteiger charge is 2.24. The minimum Gasteiger partial charge on any atom is -0.376 e. The molecule has 34 heavy (non-hydrogen) atoms. The van der Waals surface area contributed by atoms with Gasteiger partial charge in [0.1, 0.15) is 0 Å². The number of Topliss-reactive ketones (excluding diaryl/α,β-unsaturated/α-hetero) is 1. The fourth-order valence-electron chi connectivity index (χ4n) is 4.04. The molecule has 1 aliphatic rings. The van der Waals surface area contributed by atoms with Gasteiger partial charge in [-0.1, -0.05) is 30.0 Å². The van der Waals surface area contributed by atoms with Gasteiger partial charge in [-0.05, 0) is 31.0 Å². The van der Waals surface area contributed by atoms with Crippen molar-refractivity contribution in [2.45, 2.75) is 44.1 Å². The van der Waals surface area contributed by atoms with E-state index in [0.29, 0.717) is 23.1 Å². The molecule has 4 heterocycles. The Bertz CT molecular complexity index is 1320. The highest BCUT2D eigenvalue weighted by atomic mass is 32.2. The molecule has 1 atom stereocenters. The Morgan fingerprint density at radius 3 is 2.97 bits per heavy atom. The van der Waals surface area contributed by atoms with Gasteiger partial charge in [-0.25, -0.2) is 0 Å². The summed E-state index contributed by atoms with van der Waals surface area (Å²) in [5.41, 5.74) is 2.03. The quantitative estimate of drug-likeness (QED) is 0.265. The Hall–Kier alpha value is -2.95. The summed E-state index contributed by atoms with van der Waals surface area (Å²) in [7, 11) is 0. The number of amides is 1. The average Bonchev–Trinajstić information content (AvgIpc) is 3.63. The number of thiophene rings is 1. The molecule has 1 fully saturated rings. The van der Waals surface area contributed by atoms with Gasteiger partial charge in [0, 0.05) is 41.1 Å². The second-order valence-corrected chi connectivity index (χ2v) is 10.3. The van der Waals surface area contributed by atoms with Crippen molar-refractivity contribution in [3.05, 3.63) is 52.3 Å². The van der Waals surface area contributed by atoms with E-state index in [4.69, 9.17) is 4.74 Å². The number of nitrogens with one attached hydrogen (secondary N) is 2. The van der Waals surface area contributed by atoms with Crippen LogP contribution in [0.15, 0.2) is 47.8 Å².